The molecule has 3 rings (SSSR count). The van der Waals surface area contributed by atoms with Crippen LogP contribution in [0.3, 0.4) is 0 Å². The van der Waals surface area contributed by atoms with E-state index < -0.39 is 5.97 Å². The van der Waals surface area contributed by atoms with E-state index in [9.17, 15) is 9.59 Å². The first-order valence-electron chi connectivity index (χ1n) is 9.51. The summed E-state index contributed by atoms with van der Waals surface area (Å²) in [6.07, 6.45) is 1.79. The molecule has 1 aliphatic rings. The van der Waals surface area contributed by atoms with Crippen LogP contribution in [0, 0.1) is 0 Å². The summed E-state index contributed by atoms with van der Waals surface area (Å²) in [6, 6.07) is 9.83. The smallest absolute Gasteiger partial charge is 0.335 e. The number of thioether (sulfide) groups is 1. The van der Waals surface area contributed by atoms with Crippen LogP contribution in [-0.4, -0.2) is 47.3 Å². The van der Waals surface area contributed by atoms with Crippen LogP contribution >= 0.6 is 27.7 Å². The van der Waals surface area contributed by atoms with Gasteiger partial charge in [0.15, 0.2) is 16.7 Å². The van der Waals surface area contributed by atoms with Crippen molar-refractivity contribution in [2.45, 2.75) is 13.8 Å². The highest BCUT2D eigenvalue weighted by molar-refractivity contribution is 9.10. The summed E-state index contributed by atoms with van der Waals surface area (Å²) in [4.78, 5) is 30.6. The highest BCUT2D eigenvalue weighted by Gasteiger charge is 2.32. The van der Waals surface area contributed by atoms with Gasteiger partial charge in [0.1, 0.15) is 0 Å². The summed E-state index contributed by atoms with van der Waals surface area (Å²) in [5, 5.41) is 9.57. The zero-order valence-corrected chi connectivity index (χ0v) is 19.6. The third-order valence-corrected chi connectivity index (χ3v) is 6.11. The Morgan fingerprint density at radius 2 is 1.94 bits per heavy atom. The molecule has 0 aromatic heterocycles. The molecule has 1 N–H and O–H groups in total. The highest BCUT2D eigenvalue weighted by atomic mass is 79.9. The lowest BCUT2D eigenvalue weighted by Gasteiger charge is -2.12. The van der Waals surface area contributed by atoms with Gasteiger partial charge in [-0.2, -0.15) is 0 Å². The zero-order valence-electron chi connectivity index (χ0n) is 17.2. The molecule has 1 aliphatic heterocycles. The average Bonchev–Trinajstić information content (AvgIpc) is 3.04. The van der Waals surface area contributed by atoms with E-state index in [0.717, 1.165) is 10.0 Å². The van der Waals surface area contributed by atoms with Gasteiger partial charge in [0.2, 0.25) is 0 Å². The van der Waals surface area contributed by atoms with E-state index in [1.165, 1.54) is 23.9 Å². The molecule has 1 fully saturated rings. The number of carbonyl (C=O) groups excluding carboxylic acids is 1. The predicted molar refractivity (Wildman–Crippen MR) is 125 cm³/mol. The lowest BCUT2D eigenvalue weighted by atomic mass is 10.2. The maximum atomic E-state index is 12.9. The number of carboxylic acids is 1. The molecule has 1 amide bonds. The number of aromatic carboxylic acids is 1. The van der Waals surface area contributed by atoms with Crippen molar-refractivity contribution in [2.75, 3.05) is 20.3 Å². The quantitative estimate of drug-likeness (QED) is 0.522. The van der Waals surface area contributed by atoms with Crippen molar-refractivity contribution in [2.24, 2.45) is 4.99 Å². The van der Waals surface area contributed by atoms with Gasteiger partial charge in [0, 0.05) is 11.0 Å². The number of hydrogen-bond acceptors (Lipinski definition) is 6. The summed E-state index contributed by atoms with van der Waals surface area (Å²) in [7, 11) is 1.57. The van der Waals surface area contributed by atoms with Crippen LogP contribution in [-0.2, 0) is 4.79 Å². The molecule has 0 unspecified atom stereocenters. The Kier molecular flexibility index (Phi) is 7.40. The minimum Gasteiger partial charge on any atom is -0.493 e. The number of carbonyl (C=O) groups is 2. The number of aliphatic imine (C=N–C) groups is 1. The summed E-state index contributed by atoms with van der Waals surface area (Å²) >= 11 is 4.80. The molecule has 1 saturated heterocycles. The van der Waals surface area contributed by atoms with Gasteiger partial charge in [-0.3, -0.25) is 9.69 Å². The molecule has 31 heavy (non-hydrogen) atoms. The lowest BCUT2D eigenvalue weighted by molar-refractivity contribution is -0.122. The molecule has 1 heterocycles. The third-order valence-electron chi connectivity index (χ3n) is 4.41. The molecule has 162 valence electrons. The number of amides is 1. The van der Waals surface area contributed by atoms with Crippen LogP contribution in [0.5, 0.6) is 11.5 Å². The number of amidine groups is 1. The summed E-state index contributed by atoms with van der Waals surface area (Å²) < 4.78 is 11.8. The van der Waals surface area contributed by atoms with E-state index in [2.05, 4.69) is 20.9 Å². The van der Waals surface area contributed by atoms with Gasteiger partial charge in [-0.1, -0.05) is 15.9 Å². The normalized spacial score (nSPS) is 16.3. The first kappa shape index (κ1) is 22.9. The minimum absolute atomic E-state index is 0.145. The molecule has 7 nitrogen and oxygen atoms in total. The monoisotopic (exact) mass is 504 g/mol. The van der Waals surface area contributed by atoms with Crippen LogP contribution in [0.15, 0.2) is 50.8 Å². The number of ether oxygens (including phenoxy) is 2. The van der Waals surface area contributed by atoms with Crippen molar-refractivity contribution in [3.8, 4) is 11.5 Å². The molecular formula is C22H21BrN2O5S. The standard InChI is InChI=1S/C22H21BrN2O5S/c1-4-25-20(26)19(11-14-10-17(29-3)18(30-5-2)12-16(14)23)31-22(25)24-15-8-6-13(7-9-15)21(27)28/h6-12H,4-5H2,1-3H3,(H,27,28)/b19-11-,24-22?. The number of benzene rings is 2. The van der Waals surface area contributed by atoms with Gasteiger partial charge in [0.25, 0.3) is 5.91 Å². The molecule has 2 aromatic rings. The number of rotatable bonds is 7. The molecule has 0 bridgehead atoms. The van der Waals surface area contributed by atoms with Crippen molar-refractivity contribution < 1.29 is 24.2 Å². The number of nitrogens with zero attached hydrogens (tertiary/aromatic N) is 2. The van der Waals surface area contributed by atoms with Crippen molar-refractivity contribution in [3.05, 3.63) is 56.9 Å². The molecule has 0 aliphatic carbocycles. The second-order valence-electron chi connectivity index (χ2n) is 6.36. The molecule has 0 saturated carbocycles. The minimum atomic E-state index is -0.999. The second-order valence-corrected chi connectivity index (χ2v) is 8.23. The van der Waals surface area contributed by atoms with Crippen molar-refractivity contribution in [3.63, 3.8) is 0 Å². The maximum absolute atomic E-state index is 12.9. The van der Waals surface area contributed by atoms with Gasteiger partial charge >= 0.3 is 5.97 Å². The van der Waals surface area contributed by atoms with Crippen LogP contribution in [0.1, 0.15) is 29.8 Å². The molecular weight excluding hydrogens is 484 g/mol. The largest absolute Gasteiger partial charge is 0.493 e. The molecule has 0 radical (unpaired) electrons. The summed E-state index contributed by atoms with van der Waals surface area (Å²) in [5.74, 6) is 0.0494. The van der Waals surface area contributed by atoms with Gasteiger partial charge in [-0.05, 0) is 73.6 Å². The van der Waals surface area contributed by atoms with Crippen molar-refractivity contribution >= 4 is 56.5 Å². The Bertz CT molecular complexity index is 1070. The Balaban J connectivity index is 1.94. The number of hydrogen-bond donors (Lipinski definition) is 1. The van der Waals surface area contributed by atoms with Crippen molar-refractivity contribution in [1.82, 2.24) is 4.90 Å². The first-order chi connectivity index (χ1) is 14.9. The first-order valence-corrected chi connectivity index (χ1v) is 11.1. The van der Waals surface area contributed by atoms with Gasteiger partial charge in [-0.25, -0.2) is 9.79 Å². The predicted octanol–water partition coefficient (Wildman–Crippen LogP) is 5.18. The Morgan fingerprint density at radius 3 is 2.52 bits per heavy atom. The van der Waals surface area contributed by atoms with Crippen LogP contribution in [0.2, 0.25) is 0 Å². The average molecular weight is 505 g/mol. The van der Waals surface area contributed by atoms with Crippen LogP contribution in [0.25, 0.3) is 6.08 Å². The molecule has 2 aromatic carbocycles. The van der Waals surface area contributed by atoms with Gasteiger partial charge in [0.05, 0.1) is 29.9 Å². The van der Waals surface area contributed by atoms with Gasteiger partial charge < -0.3 is 14.6 Å². The van der Waals surface area contributed by atoms with Crippen LogP contribution < -0.4 is 9.47 Å². The number of likely N-dealkylation sites (N-methyl/N-ethyl adjacent to an activating group) is 1. The van der Waals surface area contributed by atoms with E-state index in [1.807, 2.05) is 26.0 Å². The molecule has 9 heteroatoms. The van der Waals surface area contributed by atoms with E-state index >= 15 is 0 Å². The number of carboxylic acid groups (broad SMARTS) is 1. The van der Waals surface area contributed by atoms with Crippen LogP contribution in [0.4, 0.5) is 5.69 Å². The van der Waals surface area contributed by atoms with E-state index in [-0.39, 0.29) is 11.5 Å². The molecule has 0 spiro atoms. The summed E-state index contributed by atoms with van der Waals surface area (Å²) in [6.45, 7) is 4.74. The van der Waals surface area contributed by atoms with Crippen molar-refractivity contribution in [1.29, 1.82) is 0 Å². The third kappa shape index (κ3) is 5.11. The fraction of sp³-hybridized carbons (Fsp3) is 0.227. The maximum Gasteiger partial charge on any atom is 0.335 e. The SMILES string of the molecule is CCOc1cc(Br)c(/C=C2\SC(=Nc3ccc(C(=O)O)cc3)N(CC)C2=O)cc1OC. The topological polar surface area (TPSA) is 88.4 Å². The summed E-state index contributed by atoms with van der Waals surface area (Å²) in [5.41, 5.74) is 1.53. The van der Waals surface area contributed by atoms with E-state index in [1.54, 1.807) is 30.2 Å². The number of halogens is 1. The Labute approximate surface area is 192 Å². The van der Waals surface area contributed by atoms with E-state index in [4.69, 9.17) is 14.6 Å². The fourth-order valence-corrected chi connectivity index (χ4v) is 4.38. The van der Waals surface area contributed by atoms with Gasteiger partial charge in [-0.15, -0.1) is 0 Å². The Hall–Kier alpha value is -2.78. The highest BCUT2D eigenvalue weighted by Crippen LogP contribution is 2.38. The Morgan fingerprint density at radius 1 is 1.23 bits per heavy atom. The molecule has 0 atom stereocenters. The second kappa shape index (κ2) is 10.0. The fourth-order valence-electron chi connectivity index (χ4n) is 2.89. The zero-order chi connectivity index (χ0) is 22.5. The number of methoxy groups -OCH3 is 1. The van der Waals surface area contributed by atoms with E-state index in [0.29, 0.717) is 40.4 Å². The lowest BCUT2D eigenvalue weighted by Crippen LogP contribution is -2.28.